The van der Waals surface area contributed by atoms with Crippen LogP contribution in [-0.2, 0) is 10.0 Å². The fraction of sp³-hybridized carbons (Fsp3) is 0.350. The molecule has 0 aliphatic carbocycles. The number of rotatable bonds is 7. The summed E-state index contributed by atoms with van der Waals surface area (Å²) in [7, 11) is -0.867. The molecule has 2 rings (SSSR count). The van der Waals surface area contributed by atoms with Gasteiger partial charge in [-0.2, -0.15) is 0 Å². The summed E-state index contributed by atoms with van der Waals surface area (Å²) in [5, 5.41) is 0. The summed E-state index contributed by atoms with van der Waals surface area (Å²) in [5.74, 6) is -0.563. The average Bonchev–Trinajstić information content (AvgIpc) is 2.65. The number of benzene rings is 2. The summed E-state index contributed by atoms with van der Waals surface area (Å²) in [6.45, 7) is 5.22. The number of amides is 1. The smallest absolute Gasteiger partial charge is 0.254 e. The van der Waals surface area contributed by atoms with E-state index in [9.17, 15) is 17.6 Å². The first-order chi connectivity index (χ1) is 13.1. The van der Waals surface area contributed by atoms with Gasteiger partial charge in [0.15, 0.2) is 0 Å². The Bertz CT molecular complexity index is 943. The van der Waals surface area contributed by atoms with E-state index in [1.165, 1.54) is 42.3 Å². The molecule has 1 atom stereocenters. The molecule has 0 saturated carbocycles. The molecule has 6 nitrogen and oxygen atoms in total. The van der Waals surface area contributed by atoms with Gasteiger partial charge in [0.2, 0.25) is 10.0 Å². The lowest BCUT2D eigenvalue weighted by molar-refractivity contribution is 0.0742. The van der Waals surface area contributed by atoms with Gasteiger partial charge in [0.25, 0.3) is 5.91 Å². The van der Waals surface area contributed by atoms with Crippen molar-refractivity contribution in [3.05, 3.63) is 59.4 Å². The summed E-state index contributed by atoms with van der Waals surface area (Å²) in [4.78, 5) is 14.3. The summed E-state index contributed by atoms with van der Waals surface area (Å²) < 4.78 is 46.0. The van der Waals surface area contributed by atoms with Crippen LogP contribution in [0.25, 0.3) is 0 Å². The van der Waals surface area contributed by atoms with Crippen LogP contribution in [-0.4, -0.2) is 39.4 Å². The van der Waals surface area contributed by atoms with E-state index in [4.69, 9.17) is 4.74 Å². The van der Waals surface area contributed by atoms with Gasteiger partial charge < -0.3 is 9.64 Å². The van der Waals surface area contributed by atoms with E-state index in [1.807, 2.05) is 6.92 Å². The molecule has 0 heterocycles. The summed E-state index contributed by atoms with van der Waals surface area (Å²) in [6.07, 6.45) is 0. The number of sulfonamides is 1. The Morgan fingerprint density at radius 2 is 1.71 bits per heavy atom. The number of nitrogens with zero attached hydrogens (tertiary/aromatic N) is 1. The van der Waals surface area contributed by atoms with Gasteiger partial charge in [-0.05, 0) is 56.7 Å². The number of halogens is 1. The quantitative estimate of drug-likeness (QED) is 0.762. The van der Waals surface area contributed by atoms with Crippen LogP contribution >= 0.6 is 0 Å². The molecule has 0 spiro atoms. The molecule has 0 aliphatic rings. The third kappa shape index (κ3) is 4.88. The highest BCUT2D eigenvalue weighted by Gasteiger charge is 2.25. The van der Waals surface area contributed by atoms with Crippen molar-refractivity contribution in [2.75, 3.05) is 14.2 Å². The topological polar surface area (TPSA) is 75.7 Å². The predicted octanol–water partition coefficient (Wildman–Crippen LogP) is 3.35. The van der Waals surface area contributed by atoms with Crippen LogP contribution in [0.1, 0.15) is 42.7 Å². The fourth-order valence-corrected chi connectivity index (χ4v) is 4.18. The lowest BCUT2D eigenvalue weighted by atomic mass is 10.1. The number of hydrogen-bond acceptors (Lipinski definition) is 4. The maximum absolute atomic E-state index is 13.1. The number of carbonyl (C=O) groups excluding carboxylic acids is 1. The average molecular weight is 408 g/mol. The molecule has 1 amide bonds. The van der Waals surface area contributed by atoms with Crippen LogP contribution in [0.5, 0.6) is 5.75 Å². The van der Waals surface area contributed by atoms with Crippen molar-refractivity contribution >= 4 is 15.9 Å². The van der Waals surface area contributed by atoms with E-state index < -0.39 is 10.0 Å². The van der Waals surface area contributed by atoms with Gasteiger partial charge in [0.05, 0.1) is 13.2 Å². The van der Waals surface area contributed by atoms with E-state index in [0.29, 0.717) is 0 Å². The van der Waals surface area contributed by atoms with E-state index in [1.54, 1.807) is 33.0 Å². The minimum Gasteiger partial charge on any atom is -0.495 e. The van der Waals surface area contributed by atoms with Gasteiger partial charge in [-0.3, -0.25) is 4.79 Å². The lowest BCUT2D eigenvalue weighted by Crippen LogP contribution is -2.32. The van der Waals surface area contributed by atoms with E-state index in [-0.39, 0.29) is 40.0 Å². The molecule has 0 bridgehead atoms. The van der Waals surface area contributed by atoms with E-state index in [2.05, 4.69) is 4.72 Å². The largest absolute Gasteiger partial charge is 0.495 e. The van der Waals surface area contributed by atoms with Crippen molar-refractivity contribution in [3.63, 3.8) is 0 Å². The van der Waals surface area contributed by atoms with Crippen molar-refractivity contribution in [1.82, 2.24) is 9.62 Å². The number of carbonyl (C=O) groups is 1. The Labute approximate surface area is 165 Å². The minimum absolute atomic E-state index is 0.0996. The SMILES string of the molecule is COc1ccc(C(=O)N(C)C(C)c2ccc(F)cc2)cc1S(=O)(=O)NC(C)C. The summed E-state index contributed by atoms with van der Waals surface area (Å²) >= 11 is 0. The van der Waals surface area contributed by atoms with E-state index in [0.717, 1.165) is 5.56 Å². The zero-order chi connectivity index (χ0) is 21.1. The zero-order valence-electron chi connectivity index (χ0n) is 16.6. The Morgan fingerprint density at radius 1 is 1.11 bits per heavy atom. The second kappa shape index (κ2) is 8.70. The Hall–Kier alpha value is -2.45. The molecule has 28 heavy (non-hydrogen) atoms. The van der Waals surface area contributed by atoms with Crippen LogP contribution < -0.4 is 9.46 Å². The van der Waals surface area contributed by atoms with Gasteiger partial charge in [-0.15, -0.1) is 0 Å². The second-order valence-electron chi connectivity index (χ2n) is 6.79. The van der Waals surface area contributed by atoms with Crippen LogP contribution in [0.3, 0.4) is 0 Å². The van der Waals surface area contributed by atoms with Crippen molar-refractivity contribution < 1.29 is 22.3 Å². The van der Waals surface area contributed by atoms with Gasteiger partial charge in [-0.25, -0.2) is 17.5 Å². The molecule has 2 aromatic carbocycles. The molecule has 1 N–H and O–H groups in total. The molecule has 0 aliphatic heterocycles. The number of nitrogens with one attached hydrogen (secondary N) is 1. The van der Waals surface area contributed by atoms with Gasteiger partial charge >= 0.3 is 0 Å². The zero-order valence-corrected chi connectivity index (χ0v) is 17.4. The van der Waals surface area contributed by atoms with Gasteiger partial charge in [0, 0.05) is 18.7 Å². The second-order valence-corrected chi connectivity index (χ2v) is 8.47. The molecule has 0 radical (unpaired) electrons. The summed E-state index contributed by atoms with van der Waals surface area (Å²) in [5.41, 5.74) is 0.974. The van der Waals surface area contributed by atoms with Gasteiger partial charge in [0.1, 0.15) is 16.5 Å². The molecule has 1 unspecified atom stereocenters. The Morgan fingerprint density at radius 3 is 2.25 bits per heavy atom. The van der Waals surface area contributed by atoms with Crippen molar-refractivity contribution in [3.8, 4) is 5.75 Å². The Kier molecular flexibility index (Phi) is 6.79. The van der Waals surface area contributed by atoms with Gasteiger partial charge in [-0.1, -0.05) is 12.1 Å². The highest BCUT2D eigenvalue weighted by molar-refractivity contribution is 7.89. The molecular weight excluding hydrogens is 383 g/mol. The van der Waals surface area contributed by atoms with Crippen LogP contribution in [0.15, 0.2) is 47.4 Å². The monoisotopic (exact) mass is 408 g/mol. The lowest BCUT2D eigenvalue weighted by Gasteiger charge is -2.26. The standard InChI is InChI=1S/C20H25FN2O4S/c1-13(2)22-28(25,26)19-12-16(8-11-18(19)27-5)20(24)23(4)14(3)15-6-9-17(21)10-7-15/h6-14,22H,1-5H3. The van der Waals surface area contributed by atoms with Crippen LogP contribution in [0, 0.1) is 5.82 Å². The normalized spacial score (nSPS) is 12.7. The summed E-state index contributed by atoms with van der Waals surface area (Å²) in [6, 6.07) is 9.53. The molecule has 0 saturated heterocycles. The number of methoxy groups -OCH3 is 1. The number of hydrogen-bond donors (Lipinski definition) is 1. The molecule has 0 fully saturated rings. The molecule has 8 heteroatoms. The Balaban J connectivity index is 2.37. The predicted molar refractivity (Wildman–Crippen MR) is 105 cm³/mol. The highest BCUT2D eigenvalue weighted by Crippen LogP contribution is 2.27. The third-order valence-electron chi connectivity index (χ3n) is 4.34. The maximum atomic E-state index is 13.1. The number of ether oxygens (including phenoxy) is 1. The first-order valence-corrected chi connectivity index (χ1v) is 10.3. The first-order valence-electron chi connectivity index (χ1n) is 8.79. The minimum atomic E-state index is -3.85. The van der Waals surface area contributed by atoms with Crippen LogP contribution in [0.4, 0.5) is 4.39 Å². The molecule has 2 aromatic rings. The highest BCUT2D eigenvalue weighted by atomic mass is 32.2. The maximum Gasteiger partial charge on any atom is 0.254 e. The van der Waals surface area contributed by atoms with E-state index >= 15 is 0 Å². The third-order valence-corrected chi connectivity index (χ3v) is 6.02. The molecule has 0 aromatic heterocycles. The molecule has 152 valence electrons. The van der Waals surface area contributed by atoms with Crippen molar-refractivity contribution in [2.24, 2.45) is 0 Å². The van der Waals surface area contributed by atoms with Crippen molar-refractivity contribution in [1.29, 1.82) is 0 Å². The first kappa shape index (κ1) is 21.8. The molecular formula is C20H25FN2O4S. The van der Waals surface area contributed by atoms with Crippen LogP contribution in [0.2, 0.25) is 0 Å². The fourth-order valence-electron chi connectivity index (χ4n) is 2.74. The van der Waals surface area contributed by atoms with Crippen molar-refractivity contribution in [2.45, 2.75) is 37.8 Å².